The number of carbonyl (C=O) groups is 1. The third-order valence-corrected chi connectivity index (χ3v) is 5.74. The Morgan fingerprint density at radius 1 is 0.966 bits per heavy atom. The van der Waals surface area contributed by atoms with E-state index in [0.29, 0.717) is 11.9 Å². The molecule has 2 aromatic rings. The van der Waals surface area contributed by atoms with Crippen molar-refractivity contribution in [2.24, 2.45) is 0 Å². The van der Waals surface area contributed by atoms with Crippen LogP contribution in [0.2, 0.25) is 0 Å². The lowest BCUT2D eigenvalue weighted by molar-refractivity contribution is -0.131. The van der Waals surface area contributed by atoms with Gasteiger partial charge < -0.3 is 18.9 Å². The fraction of sp³-hybridized carbons (Fsp3) is 0.458. The van der Waals surface area contributed by atoms with Gasteiger partial charge in [0.15, 0.2) is 0 Å². The summed E-state index contributed by atoms with van der Waals surface area (Å²) in [4.78, 5) is 11.5. The van der Waals surface area contributed by atoms with Crippen LogP contribution in [-0.4, -0.2) is 38.5 Å². The van der Waals surface area contributed by atoms with Crippen LogP contribution in [-0.2, 0) is 32.5 Å². The minimum atomic E-state index is -0.308. The predicted octanol–water partition coefficient (Wildman–Crippen LogP) is 3.83. The number of hydrogen-bond acceptors (Lipinski definition) is 5. The SMILES string of the molecule is COc1ccc(C(C)(C)c2ccc(OC(C)=O)c(CC3CO3)c2)cc1CC1CO1. The molecule has 2 heterocycles. The predicted molar refractivity (Wildman–Crippen MR) is 110 cm³/mol. The maximum Gasteiger partial charge on any atom is 0.308 e. The second-order valence-electron chi connectivity index (χ2n) is 8.39. The van der Waals surface area contributed by atoms with Gasteiger partial charge >= 0.3 is 5.97 Å². The normalized spacial score (nSPS) is 20.3. The summed E-state index contributed by atoms with van der Waals surface area (Å²) in [7, 11) is 1.71. The molecular weight excluding hydrogens is 368 g/mol. The lowest BCUT2D eigenvalue weighted by Crippen LogP contribution is -2.20. The van der Waals surface area contributed by atoms with Crippen molar-refractivity contribution in [1.82, 2.24) is 0 Å². The number of ether oxygens (including phenoxy) is 4. The molecule has 0 saturated carbocycles. The highest BCUT2D eigenvalue weighted by molar-refractivity contribution is 5.70. The van der Waals surface area contributed by atoms with E-state index in [4.69, 9.17) is 18.9 Å². The van der Waals surface area contributed by atoms with Crippen molar-refractivity contribution in [3.8, 4) is 11.5 Å². The number of carbonyl (C=O) groups excluding carboxylic acids is 1. The van der Waals surface area contributed by atoms with Crippen LogP contribution in [0.5, 0.6) is 11.5 Å². The third-order valence-electron chi connectivity index (χ3n) is 5.74. The van der Waals surface area contributed by atoms with Gasteiger partial charge in [-0.3, -0.25) is 4.79 Å². The molecule has 0 radical (unpaired) electrons. The number of epoxide rings is 2. The first kappa shape index (κ1) is 19.9. The maximum atomic E-state index is 11.5. The number of benzene rings is 2. The number of methoxy groups -OCH3 is 1. The van der Waals surface area contributed by atoms with Crippen LogP contribution in [0.3, 0.4) is 0 Å². The van der Waals surface area contributed by atoms with Crippen LogP contribution >= 0.6 is 0 Å². The molecule has 0 bridgehead atoms. The van der Waals surface area contributed by atoms with Gasteiger partial charge in [0.25, 0.3) is 0 Å². The molecule has 5 heteroatoms. The van der Waals surface area contributed by atoms with Crippen molar-refractivity contribution < 1.29 is 23.7 Å². The van der Waals surface area contributed by atoms with Gasteiger partial charge in [0.1, 0.15) is 11.5 Å². The van der Waals surface area contributed by atoms with E-state index in [1.807, 2.05) is 18.2 Å². The van der Waals surface area contributed by atoms with Crippen LogP contribution < -0.4 is 9.47 Å². The van der Waals surface area contributed by atoms with E-state index in [1.54, 1.807) is 7.11 Å². The monoisotopic (exact) mass is 396 g/mol. The molecule has 2 fully saturated rings. The zero-order chi connectivity index (χ0) is 20.6. The first-order valence-electron chi connectivity index (χ1n) is 10.1. The Labute approximate surface area is 171 Å². The number of rotatable bonds is 8. The van der Waals surface area contributed by atoms with Crippen LogP contribution in [0.15, 0.2) is 36.4 Å². The molecule has 2 aliphatic heterocycles. The van der Waals surface area contributed by atoms with E-state index < -0.39 is 0 Å². The van der Waals surface area contributed by atoms with Crippen molar-refractivity contribution in [2.75, 3.05) is 20.3 Å². The summed E-state index contributed by atoms with van der Waals surface area (Å²) in [6.45, 7) is 7.44. The molecule has 0 N–H and O–H groups in total. The van der Waals surface area contributed by atoms with E-state index in [1.165, 1.54) is 23.6 Å². The Kier molecular flexibility index (Phi) is 5.36. The first-order valence-corrected chi connectivity index (χ1v) is 10.1. The molecular formula is C24H28O5. The highest BCUT2D eigenvalue weighted by Crippen LogP contribution is 2.37. The van der Waals surface area contributed by atoms with Crippen molar-refractivity contribution in [1.29, 1.82) is 0 Å². The molecule has 2 aliphatic rings. The average Bonchev–Trinajstić information content (AvgIpc) is 3.59. The third kappa shape index (κ3) is 4.62. The topological polar surface area (TPSA) is 60.6 Å². The van der Waals surface area contributed by atoms with Crippen LogP contribution in [0.25, 0.3) is 0 Å². The van der Waals surface area contributed by atoms with Gasteiger partial charge in [0.2, 0.25) is 0 Å². The highest BCUT2D eigenvalue weighted by Gasteiger charge is 2.30. The second kappa shape index (κ2) is 7.81. The van der Waals surface area contributed by atoms with Crippen LogP contribution in [0, 0.1) is 0 Å². The quantitative estimate of drug-likeness (QED) is 0.386. The van der Waals surface area contributed by atoms with E-state index in [0.717, 1.165) is 37.4 Å². The second-order valence-corrected chi connectivity index (χ2v) is 8.39. The molecule has 2 saturated heterocycles. The van der Waals surface area contributed by atoms with Crippen molar-refractivity contribution >= 4 is 5.97 Å². The molecule has 2 atom stereocenters. The van der Waals surface area contributed by atoms with Gasteiger partial charge in [-0.2, -0.15) is 0 Å². The Balaban J connectivity index is 1.67. The summed E-state index contributed by atoms with van der Waals surface area (Å²) in [6.07, 6.45) is 2.13. The fourth-order valence-corrected chi connectivity index (χ4v) is 3.74. The summed E-state index contributed by atoms with van der Waals surface area (Å²) in [5.74, 6) is 1.21. The highest BCUT2D eigenvalue weighted by atomic mass is 16.6. The lowest BCUT2D eigenvalue weighted by atomic mass is 9.76. The molecule has 0 aliphatic carbocycles. The Morgan fingerprint density at radius 2 is 1.45 bits per heavy atom. The van der Waals surface area contributed by atoms with Crippen LogP contribution in [0.1, 0.15) is 43.0 Å². The fourth-order valence-electron chi connectivity index (χ4n) is 3.74. The van der Waals surface area contributed by atoms with E-state index in [9.17, 15) is 4.79 Å². The van der Waals surface area contributed by atoms with Crippen molar-refractivity contribution in [2.45, 2.75) is 51.2 Å². The average molecular weight is 396 g/mol. The zero-order valence-corrected chi connectivity index (χ0v) is 17.5. The molecule has 4 rings (SSSR count). The number of hydrogen-bond donors (Lipinski definition) is 0. The van der Waals surface area contributed by atoms with E-state index in [-0.39, 0.29) is 17.5 Å². The summed E-state index contributed by atoms with van der Waals surface area (Å²) in [6, 6.07) is 12.5. The molecule has 2 aromatic carbocycles. The molecule has 5 nitrogen and oxygen atoms in total. The minimum absolute atomic E-state index is 0.216. The molecule has 29 heavy (non-hydrogen) atoms. The largest absolute Gasteiger partial charge is 0.496 e. The lowest BCUT2D eigenvalue weighted by Gasteiger charge is -2.28. The summed E-state index contributed by atoms with van der Waals surface area (Å²) in [5.41, 5.74) is 4.34. The van der Waals surface area contributed by atoms with Gasteiger partial charge in [-0.1, -0.05) is 38.1 Å². The van der Waals surface area contributed by atoms with Crippen molar-refractivity contribution in [3.05, 3.63) is 58.7 Å². The Bertz CT molecular complexity index is 909. The smallest absolute Gasteiger partial charge is 0.308 e. The van der Waals surface area contributed by atoms with Gasteiger partial charge in [-0.25, -0.2) is 0 Å². The van der Waals surface area contributed by atoms with E-state index in [2.05, 4.69) is 32.0 Å². The molecule has 0 spiro atoms. The van der Waals surface area contributed by atoms with Gasteiger partial charge in [0, 0.05) is 25.2 Å². The zero-order valence-electron chi connectivity index (χ0n) is 17.5. The standard InChI is InChI=1S/C24H28O5/c1-15(25)29-23-8-6-19(10-17(23)12-21-14-28-21)24(2,3)18-5-7-22(26-4)16(9-18)11-20-13-27-20/h5-10,20-21H,11-14H2,1-4H3. The summed E-state index contributed by atoms with van der Waals surface area (Å²) in [5, 5.41) is 0. The number of esters is 1. The molecule has 0 amide bonds. The van der Waals surface area contributed by atoms with Crippen LogP contribution in [0.4, 0.5) is 0 Å². The summed E-state index contributed by atoms with van der Waals surface area (Å²) >= 11 is 0. The molecule has 154 valence electrons. The van der Waals surface area contributed by atoms with Gasteiger partial charge in [0.05, 0.1) is 32.5 Å². The summed E-state index contributed by atoms with van der Waals surface area (Å²) < 4.78 is 21.8. The maximum absolute atomic E-state index is 11.5. The Hall–Kier alpha value is -2.37. The van der Waals surface area contributed by atoms with Gasteiger partial charge in [-0.05, 0) is 34.4 Å². The Morgan fingerprint density at radius 3 is 1.90 bits per heavy atom. The van der Waals surface area contributed by atoms with E-state index >= 15 is 0 Å². The van der Waals surface area contributed by atoms with Crippen molar-refractivity contribution in [3.63, 3.8) is 0 Å². The van der Waals surface area contributed by atoms with Gasteiger partial charge in [-0.15, -0.1) is 0 Å². The minimum Gasteiger partial charge on any atom is -0.496 e. The first-order chi connectivity index (χ1) is 13.9. The molecule has 2 unspecified atom stereocenters. The molecule has 0 aromatic heterocycles.